The molecule has 2 aromatic heterocycles. The van der Waals surface area contributed by atoms with Crippen molar-refractivity contribution in [2.45, 2.75) is 104 Å². The van der Waals surface area contributed by atoms with E-state index in [0.717, 1.165) is 22.3 Å². The predicted octanol–water partition coefficient (Wildman–Crippen LogP) is 17.3. The van der Waals surface area contributed by atoms with Crippen LogP contribution in [0.4, 0.5) is 0 Å². The van der Waals surface area contributed by atoms with E-state index in [1.54, 1.807) is 72.9 Å². The smallest absolute Gasteiger partial charge is 0.149 e. The number of hydrogen-bond acceptors (Lipinski definition) is 3. The molecular weight excluding hydrogens is 827 g/mol. The van der Waals surface area contributed by atoms with Crippen molar-refractivity contribution in [2.75, 3.05) is 0 Å². The van der Waals surface area contributed by atoms with Crippen LogP contribution in [0.3, 0.4) is 0 Å². The fraction of sp³-hybridized carbons (Fsp3) is 0.250. The molecular formula is C64H65N3O. The van der Waals surface area contributed by atoms with Crippen LogP contribution in [0.15, 0.2) is 170 Å². The van der Waals surface area contributed by atoms with Crippen molar-refractivity contribution in [3.63, 3.8) is 0 Å². The fourth-order valence-electron chi connectivity index (χ4n) is 8.63. The van der Waals surface area contributed by atoms with Crippen molar-refractivity contribution in [3.8, 4) is 78.6 Å². The summed E-state index contributed by atoms with van der Waals surface area (Å²) in [6.07, 6.45) is 1.69. The summed E-state index contributed by atoms with van der Waals surface area (Å²) in [5.41, 5.74) is -6.05. The number of hydrogen-bond donors (Lipinski definition) is 1. The minimum atomic E-state index is -4.45. The molecule has 0 unspecified atom stereocenters. The Morgan fingerprint density at radius 3 is 1.66 bits per heavy atom. The number of aromatic nitrogens is 3. The van der Waals surface area contributed by atoms with E-state index in [-0.39, 0.29) is 22.1 Å². The molecule has 0 spiro atoms. The minimum Gasteiger partial charge on any atom is -0.507 e. The van der Waals surface area contributed by atoms with E-state index in [0.29, 0.717) is 44.6 Å². The van der Waals surface area contributed by atoms with Gasteiger partial charge in [-0.15, -0.1) is 0 Å². The second kappa shape index (κ2) is 17.2. The number of phenolic OH excluding ortho intramolecular Hbond substituents is 1. The van der Waals surface area contributed by atoms with E-state index in [2.05, 4.69) is 32.9 Å². The molecule has 0 saturated carbocycles. The lowest BCUT2D eigenvalue weighted by molar-refractivity contribution is 0.446. The van der Waals surface area contributed by atoms with Gasteiger partial charge in [0.05, 0.1) is 30.7 Å². The molecule has 1 N–H and O–H groups in total. The minimum absolute atomic E-state index is 0.0486. The zero-order valence-electron chi connectivity index (χ0n) is 58.8. The summed E-state index contributed by atoms with van der Waals surface area (Å²) in [5.74, 6) is -2.37. The van der Waals surface area contributed by atoms with Crippen molar-refractivity contribution in [3.05, 3.63) is 192 Å². The molecule has 0 amide bonds. The zero-order chi connectivity index (χ0) is 65.1. The summed E-state index contributed by atoms with van der Waals surface area (Å²) in [7, 11) is 0. The van der Waals surface area contributed by atoms with Gasteiger partial charge in [-0.1, -0.05) is 204 Å². The largest absolute Gasteiger partial charge is 0.507 e. The third-order valence-electron chi connectivity index (χ3n) is 12.3. The first kappa shape index (κ1) is 27.7. The average molecular weight is 912 g/mol. The molecule has 4 heteroatoms. The highest BCUT2D eigenvalue weighted by molar-refractivity contribution is 5.99. The topological polar surface area (TPSA) is 50.9 Å². The second-order valence-corrected chi connectivity index (χ2v) is 19.4. The third-order valence-corrected chi connectivity index (χ3v) is 12.3. The van der Waals surface area contributed by atoms with Gasteiger partial charge in [-0.25, -0.2) is 4.98 Å². The van der Waals surface area contributed by atoms with Gasteiger partial charge in [-0.3, -0.25) is 9.55 Å². The number of imidazole rings is 1. The number of benzene rings is 7. The molecule has 9 rings (SSSR count). The molecule has 9 aromatic rings. The van der Waals surface area contributed by atoms with Crippen LogP contribution in [0.25, 0.3) is 83.9 Å². The molecule has 68 heavy (non-hydrogen) atoms. The van der Waals surface area contributed by atoms with Crippen LogP contribution in [0.1, 0.15) is 132 Å². The molecule has 4 nitrogen and oxygen atoms in total. The zero-order valence-corrected chi connectivity index (χ0v) is 38.8. The molecule has 0 aliphatic carbocycles. The summed E-state index contributed by atoms with van der Waals surface area (Å²) in [6, 6.07) is 42.7. The number of aromatic hydroxyl groups is 1. The first-order valence-electron chi connectivity index (χ1n) is 32.4. The van der Waals surface area contributed by atoms with E-state index < -0.39 is 97.7 Å². The highest BCUT2D eigenvalue weighted by atomic mass is 16.3. The Hall–Kier alpha value is -7.04. The van der Waals surface area contributed by atoms with Gasteiger partial charge < -0.3 is 5.11 Å². The molecule has 2 heterocycles. The number of phenols is 1. The Balaban J connectivity index is 1.54. The summed E-state index contributed by atoms with van der Waals surface area (Å²) >= 11 is 0. The van der Waals surface area contributed by atoms with Gasteiger partial charge in [-0.05, 0) is 109 Å². The number of para-hydroxylation sites is 1. The molecule has 0 aliphatic heterocycles. The Labute approximate surface area is 432 Å². The molecule has 7 aromatic carbocycles. The first-order valence-corrected chi connectivity index (χ1v) is 22.4. The monoisotopic (exact) mass is 912 g/mol. The fourth-order valence-corrected chi connectivity index (χ4v) is 8.63. The van der Waals surface area contributed by atoms with E-state index in [1.807, 2.05) is 93.6 Å². The lowest BCUT2D eigenvalue weighted by atomic mass is 9.78. The van der Waals surface area contributed by atoms with E-state index in [9.17, 15) is 7.85 Å². The van der Waals surface area contributed by atoms with Gasteiger partial charge >= 0.3 is 0 Å². The van der Waals surface area contributed by atoms with Crippen LogP contribution < -0.4 is 0 Å². The number of rotatable bonds is 7. The lowest BCUT2D eigenvalue weighted by Gasteiger charge is -2.28. The summed E-state index contributed by atoms with van der Waals surface area (Å²) < 4.78 is 182. The van der Waals surface area contributed by atoms with Crippen molar-refractivity contribution in [2.24, 2.45) is 0 Å². The maximum atomic E-state index is 13.4. The van der Waals surface area contributed by atoms with Crippen LogP contribution >= 0.6 is 0 Å². The van der Waals surface area contributed by atoms with Crippen LogP contribution in [0.5, 0.6) is 5.75 Å². The van der Waals surface area contributed by atoms with Gasteiger partial charge in [0, 0.05) is 58.7 Å². The summed E-state index contributed by atoms with van der Waals surface area (Å²) in [5, 5.41) is 13.4. The van der Waals surface area contributed by atoms with Crippen molar-refractivity contribution in [1.29, 1.82) is 0 Å². The van der Waals surface area contributed by atoms with E-state index in [1.165, 1.54) is 4.57 Å². The van der Waals surface area contributed by atoms with E-state index in [4.69, 9.17) is 34.6 Å². The van der Waals surface area contributed by atoms with Crippen molar-refractivity contribution in [1.82, 2.24) is 14.5 Å². The Morgan fingerprint density at radius 1 is 0.471 bits per heavy atom. The predicted molar refractivity (Wildman–Crippen MR) is 288 cm³/mol. The lowest BCUT2D eigenvalue weighted by Crippen LogP contribution is -2.17. The molecule has 0 bridgehead atoms. The normalized spacial score (nSPS) is 17.9. The standard InChI is InChI=1S/C64H65N3O/c1-61(2,3)47-31-29-41(30-32-47)44-33-34-65-55(36-44)46-26-19-25-45(35-46)50-27-20-28-56-57(50)66-60(53-39-49(63(7,8)9)40-54(59(53)68)64(10,11)12)67(56)58-51(42-21-15-13-16-22-42)37-48(62(4,5)6)38-52(58)43-23-17-14-18-24-43/h13-40,68H,1-12H3/i7D3,8D3,9D3,10D3,11D3,12D3,39D,40D. The third kappa shape index (κ3) is 8.93. The summed E-state index contributed by atoms with van der Waals surface area (Å²) in [4.78, 5) is 9.94. The number of nitrogens with zero attached hydrogens (tertiary/aromatic N) is 3. The van der Waals surface area contributed by atoms with Crippen LogP contribution in [0.2, 0.25) is 0 Å². The van der Waals surface area contributed by atoms with Gasteiger partial charge in [0.15, 0.2) is 0 Å². The van der Waals surface area contributed by atoms with Gasteiger partial charge in [0.1, 0.15) is 11.6 Å². The van der Waals surface area contributed by atoms with Crippen molar-refractivity contribution < 1.29 is 32.5 Å². The van der Waals surface area contributed by atoms with Crippen molar-refractivity contribution >= 4 is 11.0 Å². The molecule has 0 saturated heterocycles. The molecule has 0 radical (unpaired) electrons. The molecule has 0 atom stereocenters. The Bertz CT molecular complexity index is 3890. The Kier molecular flexibility index (Phi) is 7.02. The van der Waals surface area contributed by atoms with Gasteiger partial charge in [0.2, 0.25) is 0 Å². The van der Waals surface area contributed by atoms with Crippen LogP contribution in [-0.4, -0.2) is 19.6 Å². The quantitative estimate of drug-likeness (QED) is 0.173. The van der Waals surface area contributed by atoms with Crippen LogP contribution in [-0.2, 0) is 21.7 Å². The maximum absolute atomic E-state index is 13.4. The van der Waals surface area contributed by atoms with Gasteiger partial charge in [-0.2, -0.15) is 0 Å². The second-order valence-electron chi connectivity index (χ2n) is 19.4. The average Bonchev–Trinajstić information content (AvgIpc) is 0.757. The highest BCUT2D eigenvalue weighted by Gasteiger charge is 2.31. The van der Waals surface area contributed by atoms with Gasteiger partial charge in [0.25, 0.3) is 0 Å². The van der Waals surface area contributed by atoms with Crippen LogP contribution in [0, 0.1) is 0 Å². The Morgan fingerprint density at radius 2 is 1.06 bits per heavy atom. The highest BCUT2D eigenvalue weighted by Crippen LogP contribution is 2.48. The summed E-state index contributed by atoms with van der Waals surface area (Å²) in [6.45, 7) is -13.6. The maximum Gasteiger partial charge on any atom is 0.149 e. The number of pyridine rings is 1. The van der Waals surface area contributed by atoms with E-state index >= 15 is 0 Å². The molecule has 0 fully saturated rings. The molecule has 342 valence electrons. The molecule has 0 aliphatic rings. The first-order chi connectivity index (χ1) is 40.5. The number of fused-ring (bicyclic) bond motifs is 1. The SMILES string of the molecule is [2H]c1c(-c2nc3c(-c4cccc(-c5cc(-c6ccc(C(C)(C)C)cc6)ccn5)c4)cccc3n2-c2c(-c3ccccc3)cc(C(C)(C)C)cc2-c2ccccc2)c(O)c(C(C([2H])([2H])[2H])(C([2H])([2H])[2H])C([2H])([2H])[2H])c([2H])c1C(C([2H])([2H])[2H])(C([2H])([2H])[2H])C([2H])([2H])[2H].